The lowest BCUT2D eigenvalue weighted by Gasteiger charge is -2.17. The molecular formula is C18H20N4O3. The Balaban J connectivity index is 1.97. The minimum Gasteiger partial charge on any atom is -0.373 e. The molecule has 7 heteroatoms. The van der Waals surface area contributed by atoms with Gasteiger partial charge in [-0.1, -0.05) is 30.3 Å². The van der Waals surface area contributed by atoms with Gasteiger partial charge in [0.25, 0.3) is 11.6 Å². The van der Waals surface area contributed by atoms with Gasteiger partial charge in [-0.15, -0.1) is 0 Å². The number of carbonyl (C=O) groups is 1. The maximum Gasteiger partial charge on any atom is 0.270 e. The fraction of sp³-hybridized carbons (Fsp3) is 0.222. The van der Waals surface area contributed by atoms with Gasteiger partial charge in [-0.3, -0.25) is 14.9 Å². The van der Waals surface area contributed by atoms with Gasteiger partial charge in [-0.05, 0) is 31.9 Å². The molecule has 130 valence electrons. The van der Waals surface area contributed by atoms with Gasteiger partial charge in [-0.2, -0.15) is 5.10 Å². The zero-order valence-electron chi connectivity index (χ0n) is 14.3. The molecule has 0 aliphatic carbocycles. The van der Waals surface area contributed by atoms with E-state index in [1.54, 1.807) is 19.1 Å². The number of hydrogen-bond donors (Lipinski definition) is 2. The average Bonchev–Trinajstić information content (AvgIpc) is 2.58. The van der Waals surface area contributed by atoms with Crippen LogP contribution in [0.3, 0.4) is 0 Å². The minimum atomic E-state index is -0.484. The van der Waals surface area contributed by atoms with Crippen molar-refractivity contribution in [1.82, 2.24) is 5.43 Å². The SMILES string of the molecule is Cc1cccc(C)c1NC(C)C(=O)NN=Cc1cccc([N+](=O)[O-])c1. The van der Waals surface area contributed by atoms with Gasteiger partial charge in [0.05, 0.1) is 11.1 Å². The van der Waals surface area contributed by atoms with Crippen molar-refractivity contribution in [3.63, 3.8) is 0 Å². The molecule has 0 aromatic heterocycles. The predicted molar refractivity (Wildman–Crippen MR) is 97.8 cm³/mol. The number of nitrogens with zero attached hydrogens (tertiary/aromatic N) is 2. The van der Waals surface area contributed by atoms with Gasteiger partial charge < -0.3 is 5.32 Å². The van der Waals surface area contributed by atoms with E-state index < -0.39 is 11.0 Å². The number of rotatable bonds is 6. The number of hydrogen-bond acceptors (Lipinski definition) is 5. The van der Waals surface area contributed by atoms with Crippen LogP contribution in [-0.2, 0) is 4.79 Å². The van der Waals surface area contributed by atoms with Crippen molar-refractivity contribution < 1.29 is 9.72 Å². The lowest BCUT2D eigenvalue weighted by molar-refractivity contribution is -0.384. The van der Waals surface area contributed by atoms with Gasteiger partial charge in [0.2, 0.25) is 0 Å². The largest absolute Gasteiger partial charge is 0.373 e. The number of benzene rings is 2. The number of amides is 1. The van der Waals surface area contributed by atoms with Gasteiger partial charge in [-0.25, -0.2) is 5.43 Å². The summed E-state index contributed by atoms with van der Waals surface area (Å²) < 4.78 is 0. The van der Waals surface area contributed by atoms with Crippen LogP contribution in [-0.4, -0.2) is 23.1 Å². The summed E-state index contributed by atoms with van der Waals surface area (Å²) in [6.07, 6.45) is 1.37. The summed E-state index contributed by atoms with van der Waals surface area (Å²) in [5.41, 5.74) is 5.98. The fourth-order valence-electron chi connectivity index (χ4n) is 2.31. The highest BCUT2D eigenvalue weighted by Gasteiger charge is 2.14. The van der Waals surface area contributed by atoms with Gasteiger partial charge in [0.1, 0.15) is 6.04 Å². The van der Waals surface area contributed by atoms with E-state index in [1.807, 2.05) is 32.0 Å². The van der Waals surface area contributed by atoms with Crippen LogP contribution in [0.15, 0.2) is 47.6 Å². The molecule has 25 heavy (non-hydrogen) atoms. The molecule has 0 spiro atoms. The van der Waals surface area contributed by atoms with Crippen molar-refractivity contribution in [2.24, 2.45) is 5.10 Å². The number of aryl methyl sites for hydroxylation is 2. The second kappa shape index (κ2) is 8.05. The monoisotopic (exact) mass is 340 g/mol. The quantitative estimate of drug-likeness (QED) is 0.479. The summed E-state index contributed by atoms with van der Waals surface area (Å²) in [6.45, 7) is 5.69. The zero-order chi connectivity index (χ0) is 18.4. The third-order valence-electron chi connectivity index (χ3n) is 3.70. The third-order valence-corrected chi connectivity index (χ3v) is 3.70. The Hall–Kier alpha value is -3.22. The van der Waals surface area contributed by atoms with Gasteiger partial charge in [0, 0.05) is 23.4 Å². The molecule has 1 unspecified atom stereocenters. The Morgan fingerprint density at radius 2 is 1.84 bits per heavy atom. The maximum atomic E-state index is 12.1. The topological polar surface area (TPSA) is 96.6 Å². The Bertz CT molecular complexity index is 797. The summed E-state index contributed by atoms with van der Waals surface area (Å²) in [6, 6.07) is 11.4. The molecule has 0 fully saturated rings. The molecule has 7 nitrogen and oxygen atoms in total. The molecule has 0 aliphatic heterocycles. The Morgan fingerprint density at radius 1 is 1.20 bits per heavy atom. The molecular weight excluding hydrogens is 320 g/mol. The molecule has 2 N–H and O–H groups in total. The number of non-ortho nitro benzene ring substituents is 1. The smallest absolute Gasteiger partial charge is 0.270 e. The van der Waals surface area contributed by atoms with E-state index >= 15 is 0 Å². The van der Waals surface area contributed by atoms with Crippen LogP contribution in [0.4, 0.5) is 11.4 Å². The molecule has 0 heterocycles. The maximum absolute atomic E-state index is 12.1. The number of anilines is 1. The highest BCUT2D eigenvalue weighted by atomic mass is 16.6. The van der Waals surface area contributed by atoms with E-state index in [0.717, 1.165) is 16.8 Å². The molecule has 2 rings (SSSR count). The van der Waals surface area contributed by atoms with Crippen molar-refractivity contribution in [1.29, 1.82) is 0 Å². The molecule has 1 atom stereocenters. The third kappa shape index (κ3) is 4.87. The highest BCUT2D eigenvalue weighted by molar-refractivity contribution is 5.87. The van der Waals surface area contributed by atoms with Gasteiger partial charge >= 0.3 is 0 Å². The zero-order valence-corrected chi connectivity index (χ0v) is 14.3. The number of para-hydroxylation sites is 1. The second-order valence-electron chi connectivity index (χ2n) is 5.72. The van der Waals surface area contributed by atoms with E-state index in [1.165, 1.54) is 18.3 Å². The number of hydrazone groups is 1. The first-order valence-electron chi connectivity index (χ1n) is 7.78. The number of nitrogens with one attached hydrogen (secondary N) is 2. The number of nitro benzene ring substituents is 1. The van der Waals surface area contributed by atoms with E-state index in [0.29, 0.717) is 5.56 Å². The summed E-state index contributed by atoms with van der Waals surface area (Å²) in [5, 5.41) is 17.8. The predicted octanol–water partition coefficient (Wildman–Crippen LogP) is 3.16. The lowest BCUT2D eigenvalue weighted by Crippen LogP contribution is -2.35. The number of nitro groups is 1. The van der Waals surface area contributed by atoms with Crippen LogP contribution in [0, 0.1) is 24.0 Å². The van der Waals surface area contributed by atoms with Crippen LogP contribution in [0.25, 0.3) is 0 Å². The van der Waals surface area contributed by atoms with Crippen molar-refractivity contribution in [2.45, 2.75) is 26.8 Å². The van der Waals surface area contributed by atoms with E-state index in [4.69, 9.17) is 0 Å². The highest BCUT2D eigenvalue weighted by Crippen LogP contribution is 2.20. The molecule has 1 amide bonds. The molecule has 0 aliphatic rings. The summed E-state index contributed by atoms with van der Waals surface area (Å²) in [4.78, 5) is 22.4. The number of carbonyl (C=O) groups excluding carboxylic acids is 1. The van der Waals surface area contributed by atoms with E-state index in [9.17, 15) is 14.9 Å². The first kappa shape index (κ1) is 18.1. The van der Waals surface area contributed by atoms with Crippen molar-refractivity contribution in [2.75, 3.05) is 5.32 Å². The van der Waals surface area contributed by atoms with Crippen LogP contribution in [0.5, 0.6) is 0 Å². The van der Waals surface area contributed by atoms with Crippen LogP contribution >= 0.6 is 0 Å². The summed E-state index contributed by atoms with van der Waals surface area (Å²) in [5.74, 6) is -0.302. The molecule has 0 radical (unpaired) electrons. The van der Waals surface area contributed by atoms with Gasteiger partial charge in [0.15, 0.2) is 0 Å². The normalized spacial score (nSPS) is 12.0. The van der Waals surface area contributed by atoms with Crippen LogP contribution < -0.4 is 10.7 Å². The average molecular weight is 340 g/mol. The first-order valence-corrected chi connectivity index (χ1v) is 7.78. The van der Waals surface area contributed by atoms with Crippen LogP contribution in [0.1, 0.15) is 23.6 Å². The van der Waals surface area contributed by atoms with Crippen LogP contribution in [0.2, 0.25) is 0 Å². The van der Waals surface area contributed by atoms with Crippen molar-refractivity contribution in [3.8, 4) is 0 Å². The molecule has 0 bridgehead atoms. The van der Waals surface area contributed by atoms with Crippen molar-refractivity contribution >= 4 is 23.5 Å². The molecule has 0 saturated carbocycles. The first-order chi connectivity index (χ1) is 11.9. The summed E-state index contributed by atoms with van der Waals surface area (Å²) in [7, 11) is 0. The minimum absolute atomic E-state index is 0.0275. The Morgan fingerprint density at radius 3 is 2.48 bits per heavy atom. The molecule has 2 aromatic rings. The second-order valence-corrected chi connectivity index (χ2v) is 5.72. The standard InChI is InChI=1S/C18H20N4O3/c1-12-6-4-7-13(2)17(12)20-14(3)18(23)21-19-11-15-8-5-9-16(10-15)22(24)25/h4-11,14,20H,1-3H3,(H,21,23). The molecule has 0 saturated heterocycles. The summed E-state index contributed by atoms with van der Waals surface area (Å²) >= 11 is 0. The fourth-order valence-corrected chi connectivity index (χ4v) is 2.31. The van der Waals surface area contributed by atoms with Crippen molar-refractivity contribution in [3.05, 3.63) is 69.3 Å². The Kier molecular flexibility index (Phi) is 5.84. The Labute approximate surface area is 145 Å². The molecule has 2 aromatic carbocycles. The lowest BCUT2D eigenvalue weighted by atomic mass is 10.1. The van der Waals surface area contributed by atoms with E-state index in [-0.39, 0.29) is 11.6 Å². The van der Waals surface area contributed by atoms with E-state index in [2.05, 4.69) is 15.8 Å².